The third-order valence-corrected chi connectivity index (χ3v) is 1.42. The summed E-state index contributed by atoms with van der Waals surface area (Å²) in [5, 5.41) is 0. The van der Waals surface area contributed by atoms with Crippen molar-refractivity contribution in [2.45, 2.75) is 19.5 Å². The van der Waals surface area contributed by atoms with E-state index in [9.17, 15) is 18.0 Å². The van der Waals surface area contributed by atoms with E-state index in [1.807, 2.05) is 0 Å². The van der Waals surface area contributed by atoms with Crippen LogP contribution in [0.5, 0.6) is 0 Å². The van der Waals surface area contributed by atoms with E-state index in [0.717, 1.165) is 4.90 Å². The first kappa shape index (κ1) is 12.0. The molecule has 0 saturated heterocycles. The maximum Gasteiger partial charge on any atom is 0.390 e. The molecule has 5 heteroatoms. The fraction of sp³-hybridized carbons (Fsp3) is 0.625. The second-order valence-corrected chi connectivity index (χ2v) is 2.62. The number of hydrogen-bond acceptors (Lipinski definition) is 1. The molecule has 2 nitrogen and oxygen atoms in total. The Balaban J connectivity index is 3.88. The van der Waals surface area contributed by atoms with Gasteiger partial charge in [0.1, 0.15) is 0 Å². The van der Waals surface area contributed by atoms with Crippen molar-refractivity contribution in [2.24, 2.45) is 0 Å². The number of amides is 1. The lowest BCUT2D eigenvalue weighted by Crippen LogP contribution is -2.29. The summed E-state index contributed by atoms with van der Waals surface area (Å²) >= 11 is 0. The molecule has 0 rings (SSSR count). The average Bonchev–Trinajstić information content (AvgIpc) is 1.99. The SMILES string of the molecule is CC=CC(=O)N(C)CCC(F)(F)F. The van der Waals surface area contributed by atoms with Crippen LogP contribution in [0.4, 0.5) is 13.2 Å². The minimum Gasteiger partial charge on any atom is -0.342 e. The first-order valence-corrected chi connectivity index (χ1v) is 3.81. The van der Waals surface area contributed by atoms with Crippen LogP contribution in [0.15, 0.2) is 12.2 Å². The molecule has 13 heavy (non-hydrogen) atoms. The molecule has 0 aliphatic heterocycles. The van der Waals surface area contributed by atoms with Crippen LogP contribution in [0.3, 0.4) is 0 Å². The largest absolute Gasteiger partial charge is 0.390 e. The molecule has 0 unspecified atom stereocenters. The molecule has 0 N–H and O–H groups in total. The van der Waals surface area contributed by atoms with Crippen LogP contribution >= 0.6 is 0 Å². The monoisotopic (exact) mass is 195 g/mol. The molecule has 0 radical (unpaired) electrons. The van der Waals surface area contributed by atoms with E-state index >= 15 is 0 Å². The third kappa shape index (κ3) is 6.19. The summed E-state index contributed by atoms with van der Waals surface area (Å²) < 4.78 is 35.1. The second kappa shape index (κ2) is 4.89. The van der Waals surface area contributed by atoms with Crippen LogP contribution in [0.2, 0.25) is 0 Å². The normalized spacial score (nSPS) is 12.1. The number of carbonyl (C=O) groups is 1. The smallest absolute Gasteiger partial charge is 0.342 e. The molecule has 0 aliphatic rings. The lowest BCUT2D eigenvalue weighted by molar-refractivity contribution is -0.142. The maximum atomic E-state index is 11.7. The molecule has 0 spiro atoms. The van der Waals surface area contributed by atoms with E-state index in [0.29, 0.717) is 0 Å². The van der Waals surface area contributed by atoms with Gasteiger partial charge in [-0.3, -0.25) is 4.79 Å². The zero-order chi connectivity index (χ0) is 10.5. The van der Waals surface area contributed by atoms with Crippen molar-refractivity contribution in [2.75, 3.05) is 13.6 Å². The lowest BCUT2D eigenvalue weighted by atomic mass is 10.3. The van der Waals surface area contributed by atoms with Crippen molar-refractivity contribution in [3.05, 3.63) is 12.2 Å². The first-order valence-electron chi connectivity index (χ1n) is 3.81. The van der Waals surface area contributed by atoms with Gasteiger partial charge in [0.2, 0.25) is 5.91 Å². The fourth-order valence-electron chi connectivity index (χ4n) is 0.674. The molecule has 1 amide bonds. The lowest BCUT2D eigenvalue weighted by Gasteiger charge is -2.15. The number of carbonyl (C=O) groups excluding carboxylic acids is 1. The zero-order valence-corrected chi connectivity index (χ0v) is 7.56. The van der Waals surface area contributed by atoms with Gasteiger partial charge in [0.25, 0.3) is 0 Å². The Kier molecular flexibility index (Phi) is 4.51. The third-order valence-electron chi connectivity index (χ3n) is 1.42. The van der Waals surface area contributed by atoms with Crippen molar-refractivity contribution in [1.82, 2.24) is 4.90 Å². The van der Waals surface area contributed by atoms with Crippen molar-refractivity contribution >= 4 is 5.91 Å². The summed E-state index contributed by atoms with van der Waals surface area (Å²) in [5.41, 5.74) is 0. The number of nitrogens with zero attached hydrogens (tertiary/aromatic N) is 1. The summed E-state index contributed by atoms with van der Waals surface area (Å²) in [6.07, 6.45) is -2.44. The first-order chi connectivity index (χ1) is 5.87. The minimum absolute atomic E-state index is 0.299. The van der Waals surface area contributed by atoms with Crippen molar-refractivity contribution < 1.29 is 18.0 Å². The van der Waals surface area contributed by atoms with Crippen LogP contribution in [0.1, 0.15) is 13.3 Å². The summed E-state index contributed by atoms with van der Waals surface area (Å²) in [6.45, 7) is 1.34. The predicted molar refractivity (Wildman–Crippen MR) is 43.1 cm³/mol. The highest BCUT2D eigenvalue weighted by Gasteiger charge is 2.27. The number of alkyl halides is 3. The van der Waals surface area contributed by atoms with Gasteiger partial charge in [0.05, 0.1) is 6.42 Å². The van der Waals surface area contributed by atoms with Crippen molar-refractivity contribution in [3.8, 4) is 0 Å². The fourth-order valence-corrected chi connectivity index (χ4v) is 0.674. The van der Waals surface area contributed by atoms with Gasteiger partial charge in [-0.2, -0.15) is 13.2 Å². The van der Waals surface area contributed by atoms with Gasteiger partial charge in [-0.25, -0.2) is 0 Å². The molecular formula is C8H12F3NO. The van der Waals surface area contributed by atoms with Gasteiger partial charge < -0.3 is 4.90 Å². The Morgan fingerprint density at radius 1 is 1.46 bits per heavy atom. The molecule has 0 aromatic rings. The molecule has 0 bridgehead atoms. The molecule has 0 saturated carbocycles. The molecule has 0 aliphatic carbocycles. The number of halogens is 3. The van der Waals surface area contributed by atoms with E-state index in [2.05, 4.69) is 0 Å². The zero-order valence-electron chi connectivity index (χ0n) is 7.56. The number of hydrogen-bond donors (Lipinski definition) is 0. The van der Waals surface area contributed by atoms with Gasteiger partial charge in [-0.05, 0) is 13.0 Å². The van der Waals surface area contributed by atoms with E-state index < -0.39 is 18.5 Å². The molecule has 0 aromatic heterocycles. The maximum absolute atomic E-state index is 11.7. The Morgan fingerprint density at radius 2 is 2.00 bits per heavy atom. The summed E-state index contributed by atoms with van der Waals surface area (Å²) in [7, 11) is 1.34. The highest BCUT2D eigenvalue weighted by Crippen LogP contribution is 2.19. The van der Waals surface area contributed by atoms with Crippen molar-refractivity contribution in [1.29, 1.82) is 0 Å². The van der Waals surface area contributed by atoms with Gasteiger partial charge >= 0.3 is 6.18 Å². The molecule has 76 valence electrons. The predicted octanol–water partition coefficient (Wildman–Crippen LogP) is 1.97. The summed E-state index contributed by atoms with van der Waals surface area (Å²) in [4.78, 5) is 12.0. The van der Waals surface area contributed by atoms with E-state index in [1.165, 1.54) is 19.2 Å². The molecule has 0 heterocycles. The van der Waals surface area contributed by atoms with Crippen LogP contribution in [0.25, 0.3) is 0 Å². The number of likely N-dealkylation sites (N-methyl/N-ethyl adjacent to an activating group) is 1. The van der Waals surface area contributed by atoms with Gasteiger partial charge in [0.15, 0.2) is 0 Å². The highest BCUT2D eigenvalue weighted by molar-refractivity contribution is 5.87. The standard InChI is InChI=1S/C8H12F3NO/c1-3-4-7(13)12(2)6-5-8(9,10)11/h3-4H,5-6H2,1-2H3. The minimum atomic E-state index is -4.20. The van der Waals surface area contributed by atoms with Crippen LogP contribution in [-0.2, 0) is 4.79 Å². The Labute approximate surface area is 75.0 Å². The molecule has 0 atom stereocenters. The number of allylic oxidation sites excluding steroid dienone is 1. The highest BCUT2D eigenvalue weighted by atomic mass is 19.4. The second-order valence-electron chi connectivity index (χ2n) is 2.62. The van der Waals surface area contributed by atoms with Crippen LogP contribution in [0, 0.1) is 0 Å². The Bertz CT molecular complexity index is 198. The van der Waals surface area contributed by atoms with Crippen LogP contribution in [-0.4, -0.2) is 30.6 Å². The number of rotatable bonds is 3. The van der Waals surface area contributed by atoms with E-state index in [1.54, 1.807) is 6.92 Å². The molecular weight excluding hydrogens is 183 g/mol. The molecule has 0 aromatic carbocycles. The van der Waals surface area contributed by atoms with Gasteiger partial charge in [-0.1, -0.05) is 6.08 Å². The van der Waals surface area contributed by atoms with Gasteiger partial charge in [-0.15, -0.1) is 0 Å². The molecule has 0 fully saturated rings. The van der Waals surface area contributed by atoms with Crippen molar-refractivity contribution in [3.63, 3.8) is 0 Å². The van der Waals surface area contributed by atoms with Crippen LogP contribution < -0.4 is 0 Å². The Hall–Kier alpha value is -1.00. The quantitative estimate of drug-likeness (QED) is 0.630. The summed E-state index contributed by atoms with van der Waals surface area (Å²) in [5.74, 6) is -0.410. The van der Waals surface area contributed by atoms with E-state index in [4.69, 9.17) is 0 Å². The average molecular weight is 195 g/mol. The van der Waals surface area contributed by atoms with E-state index in [-0.39, 0.29) is 6.54 Å². The topological polar surface area (TPSA) is 20.3 Å². The van der Waals surface area contributed by atoms with Gasteiger partial charge in [0, 0.05) is 13.6 Å². The Morgan fingerprint density at radius 3 is 2.38 bits per heavy atom. The summed E-state index contributed by atoms with van der Waals surface area (Å²) in [6, 6.07) is 0.